The van der Waals surface area contributed by atoms with Crippen LogP contribution < -0.4 is 5.32 Å². The molecule has 0 saturated heterocycles. The highest BCUT2D eigenvalue weighted by atomic mass is 28.4. The van der Waals surface area contributed by atoms with Crippen molar-refractivity contribution in [1.29, 1.82) is 0 Å². The lowest BCUT2D eigenvalue weighted by Crippen LogP contribution is -2.54. The van der Waals surface area contributed by atoms with Crippen molar-refractivity contribution in [3.8, 4) is 0 Å². The van der Waals surface area contributed by atoms with Crippen molar-refractivity contribution in [2.24, 2.45) is 0 Å². The lowest BCUT2D eigenvalue weighted by atomic mass is 10.5. The van der Waals surface area contributed by atoms with E-state index in [-0.39, 0.29) is 0 Å². The van der Waals surface area contributed by atoms with Gasteiger partial charge in [0.25, 0.3) is 0 Å². The first-order chi connectivity index (χ1) is 7.29. The van der Waals surface area contributed by atoms with Crippen LogP contribution in [0.3, 0.4) is 0 Å². The van der Waals surface area contributed by atoms with Crippen LogP contribution in [0.5, 0.6) is 0 Å². The SMILES string of the molecule is CCO[Si](CC)(OCC)c1ccccn1. The van der Waals surface area contributed by atoms with Crippen LogP contribution in [-0.2, 0) is 8.85 Å². The fourth-order valence-corrected chi connectivity index (χ4v) is 4.33. The Labute approximate surface area is 92.7 Å². The number of nitrogens with zero attached hydrogens (tertiary/aromatic N) is 1. The Balaban J connectivity index is 2.97. The topological polar surface area (TPSA) is 31.4 Å². The van der Waals surface area contributed by atoms with Crippen LogP contribution >= 0.6 is 0 Å². The Morgan fingerprint density at radius 3 is 2.20 bits per heavy atom. The summed E-state index contributed by atoms with van der Waals surface area (Å²) in [7, 11) is -2.26. The van der Waals surface area contributed by atoms with Crippen molar-refractivity contribution in [3.05, 3.63) is 24.4 Å². The van der Waals surface area contributed by atoms with Crippen molar-refractivity contribution >= 4 is 13.9 Å². The van der Waals surface area contributed by atoms with Crippen LogP contribution in [-0.4, -0.2) is 26.8 Å². The van der Waals surface area contributed by atoms with E-state index in [0.29, 0.717) is 13.2 Å². The van der Waals surface area contributed by atoms with Gasteiger partial charge in [-0.25, -0.2) is 0 Å². The first-order valence-electron chi connectivity index (χ1n) is 5.48. The van der Waals surface area contributed by atoms with Crippen LogP contribution in [0.25, 0.3) is 0 Å². The average Bonchev–Trinajstić information content (AvgIpc) is 2.30. The standard InChI is InChI=1S/C11H19NO2Si/c1-4-13-15(6-3,14-5-2)11-9-7-8-10-12-11/h7-10H,4-6H2,1-3H3. The van der Waals surface area contributed by atoms with Crippen molar-refractivity contribution < 1.29 is 8.85 Å². The number of rotatable bonds is 6. The molecule has 0 fully saturated rings. The number of hydrogen-bond donors (Lipinski definition) is 0. The molecule has 0 amide bonds. The van der Waals surface area contributed by atoms with Gasteiger partial charge in [-0.1, -0.05) is 13.0 Å². The van der Waals surface area contributed by atoms with Gasteiger partial charge in [0.15, 0.2) is 0 Å². The summed E-state index contributed by atoms with van der Waals surface area (Å²) in [5.41, 5.74) is 0. The highest BCUT2D eigenvalue weighted by molar-refractivity contribution is 6.80. The van der Waals surface area contributed by atoms with Gasteiger partial charge >= 0.3 is 8.56 Å². The summed E-state index contributed by atoms with van der Waals surface area (Å²) >= 11 is 0. The molecule has 1 aromatic rings. The van der Waals surface area contributed by atoms with Crippen LogP contribution in [0, 0.1) is 0 Å². The van der Waals surface area contributed by atoms with Crippen LogP contribution in [0.1, 0.15) is 20.8 Å². The largest absolute Gasteiger partial charge is 0.391 e. The van der Waals surface area contributed by atoms with Gasteiger partial charge in [0.2, 0.25) is 0 Å². The summed E-state index contributed by atoms with van der Waals surface area (Å²) < 4.78 is 11.7. The van der Waals surface area contributed by atoms with Crippen molar-refractivity contribution in [2.45, 2.75) is 26.8 Å². The first kappa shape index (κ1) is 12.4. The Hall–Kier alpha value is -0.713. The first-order valence-corrected chi connectivity index (χ1v) is 7.50. The molecule has 1 rings (SSSR count). The van der Waals surface area contributed by atoms with E-state index < -0.39 is 8.56 Å². The summed E-state index contributed by atoms with van der Waals surface area (Å²) in [6.07, 6.45) is 1.80. The highest BCUT2D eigenvalue weighted by Gasteiger charge is 2.39. The maximum atomic E-state index is 5.86. The van der Waals surface area contributed by atoms with E-state index in [4.69, 9.17) is 8.85 Å². The third kappa shape index (κ3) is 2.87. The van der Waals surface area contributed by atoms with Gasteiger partial charge in [-0.15, -0.1) is 0 Å². The molecule has 0 aromatic carbocycles. The van der Waals surface area contributed by atoms with E-state index >= 15 is 0 Å². The third-order valence-corrected chi connectivity index (χ3v) is 5.79. The number of pyridine rings is 1. The van der Waals surface area contributed by atoms with E-state index in [1.54, 1.807) is 6.20 Å². The summed E-state index contributed by atoms with van der Waals surface area (Å²) in [5, 5.41) is 0.983. The molecule has 3 nitrogen and oxygen atoms in total. The Kier molecular flexibility index (Phi) is 4.94. The van der Waals surface area contributed by atoms with Gasteiger partial charge in [0, 0.05) is 19.4 Å². The van der Waals surface area contributed by atoms with E-state index in [9.17, 15) is 0 Å². The third-order valence-electron chi connectivity index (χ3n) is 2.28. The van der Waals surface area contributed by atoms with Gasteiger partial charge in [-0.05, 0) is 32.0 Å². The highest BCUT2D eigenvalue weighted by Crippen LogP contribution is 2.12. The Bertz CT molecular complexity index is 273. The second-order valence-electron chi connectivity index (χ2n) is 3.19. The fraction of sp³-hybridized carbons (Fsp3) is 0.545. The summed E-state index contributed by atoms with van der Waals surface area (Å²) in [6, 6.07) is 6.79. The maximum absolute atomic E-state index is 5.86. The molecule has 1 heterocycles. The molecule has 0 spiro atoms. The molecule has 0 unspecified atom stereocenters. The predicted octanol–water partition coefficient (Wildman–Crippen LogP) is 1.82. The average molecular weight is 225 g/mol. The summed E-state index contributed by atoms with van der Waals surface area (Å²) in [6.45, 7) is 7.46. The maximum Gasteiger partial charge on any atom is 0.391 e. The zero-order chi connectivity index (χ0) is 11.1. The van der Waals surface area contributed by atoms with Crippen molar-refractivity contribution in [3.63, 3.8) is 0 Å². The molecule has 0 saturated carbocycles. The molecule has 0 aliphatic rings. The Morgan fingerprint density at radius 1 is 1.13 bits per heavy atom. The molecular weight excluding hydrogens is 206 g/mol. The van der Waals surface area contributed by atoms with E-state index in [0.717, 1.165) is 11.4 Å². The molecule has 0 N–H and O–H groups in total. The van der Waals surface area contributed by atoms with Gasteiger partial charge in [0.05, 0.1) is 5.32 Å². The second-order valence-corrected chi connectivity index (χ2v) is 6.49. The molecule has 0 radical (unpaired) electrons. The van der Waals surface area contributed by atoms with Gasteiger partial charge in [-0.2, -0.15) is 0 Å². The normalized spacial score (nSPS) is 11.7. The molecular formula is C11H19NO2Si. The fourth-order valence-electron chi connectivity index (χ4n) is 1.63. The van der Waals surface area contributed by atoms with Crippen LogP contribution in [0.15, 0.2) is 24.4 Å². The van der Waals surface area contributed by atoms with Crippen LogP contribution in [0.4, 0.5) is 0 Å². The van der Waals surface area contributed by atoms with Gasteiger partial charge < -0.3 is 8.85 Å². The van der Waals surface area contributed by atoms with E-state index in [2.05, 4.69) is 11.9 Å². The minimum atomic E-state index is -2.26. The molecule has 84 valence electrons. The molecule has 0 bridgehead atoms. The quantitative estimate of drug-likeness (QED) is 0.692. The van der Waals surface area contributed by atoms with E-state index in [1.165, 1.54) is 0 Å². The molecule has 1 aromatic heterocycles. The second kappa shape index (κ2) is 6.00. The van der Waals surface area contributed by atoms with E-state index in [1.807, 2.05) is 32.0 Å². The number of aromatic nitrogens is 1. The predicted molar refractivity (Wildman–Crippen MR) is 63.4 cm³/mol. The zero-order valence-corrected chi connectivity index (χ0v) is 10.7. The lowest BCUT2D eigenvalue weighted by molar-refractivity contribution is 0.196. The monoisotopic (exact) mass is 225 g/mol. The smallest absolute Gasteiger partial charge is 0.390 e. The lowest BCUT2D eigenvalue weighted by Gasteiger charge is -2.27. The molecule has 0 aliphatic carbocycles. The van der Waals surface area contributed by atoms with Gasteiger partial charge in [0.1, 0.15) is 0 Å². The Morgan fingerprint density at radius 2 is 1.80 bits per heavy atom. The van der Waals surface area contributed by atoms with Crippen molar-refractivity contribution in [2.75, 3.05) is 13.2 Å². The molecule has 0 atom stereocenters. The van der Waals surface area contributed by atoms with Crippen LogP contribution in [0.2, 0.25) is 6.04 Å². The summed E-state index contributed by atoms with van der Waals surface area (Å²) in [4.78, 5) is 4.37. The minimum absolute atomic E-state index is 0.677. The zero-order valence-electron chi connectivity index (χ0n) is 9.69. The molecule has 15 heavy (non-hydrogen) atoms. The van der Waals surface area contributed by atoms with Gasteiger partial charge in [-0.3, -0.25) is 4.98 Å². The summed E-state index contributed by atoms with van der Waals surface area (Å²) in [5.74, 6) is 0. The number of hydrogen-bond acceptors (Lipinski definition) is 3. The molecule has 4 heteroatoms. The molecule has 0 aliphatic heterocycles. The van der Waals surface area contributed by atoms with Crippen molar-refractivity contribution in [1.82, 2.24) is 4.98 Å². The minimum Gasteiger partial charge on any atom is -0.390 e.